The number of hydrogen-bond donors (Lipinski definition) is 0. The molecule has 1 atom stereocenters. The first kappa shape index (κ1) is 22.0. The Morgan fingerprint density at radius 2 is 1.38 bits per heavy atom. The van der Waals surface area contributed by atoms with Gasteiger partial charge >= 0.3 is 0 Å². The number of rotatable bonds is 11. The highest BCUT2D eigenvalue weighted by atomic mass is 16.7. The van der Waals surface area contributed by atoms with Gasteiger partial charge < -0.3 is 9.47 Å². The summed E-state index contributed by atoms with van der Waals surface area (Å²) in [6.45, 7) is 9.11. The highest BCUT2D eigenvalue weighted by molar-refractivity contribution is 4.94. The van der Waals surface area contributed by atoms with Gasteiger partial charge in [0.2, 0.25) is 0 Å². The molecular formula is C22H44O2. The number of ether oxygens (including phenoxy) is 2. The van der Waals surface area contributed by atoms with E-state index in [0.29, 0.717) is 5.92 Å². The van der Waals surface area contributed by atoms with Gasteiger partial charge in [-0.05, 0) is 25.2 Å². The van der Waals surface area contributed by atoms with Crippen molar-refractivity contribution in [1.29, 1.82) is 0 Å². The van der Waals surface area contributed by atoms with Gasteiger partial charge in [0.1, 0.15) is 0 Å². The Morgan fingerprint density at radius 1 is 0.833 bits per heavy atom. The predicted octanol–water partition coefficient (Wildman–Crippen LogP) is 6.97. The molecule has 1 fully saturated rings. The van der Waals surface area contributed by atoms with Crippen molar-refractivity contribution in [3.05, 3.63) is 0 Å². The van der Waals surface area contributed by atoms with Crippen molar-refractivity contribution in [2.45, 2.75) is 111 Å². The van der Waals surface area contributed by atoms with Crippen molar-refractivity contribution in [1.82, 2.24) is 0 Å². The third-order valence-corrected chi connectivity index (χ3v) is 6.23. The molecule has 1 aliphatic carbocycles. The van der Waals surface area contributed by atoms with E-state index in [4.69, 9.17) is 9.47 Å². The zero-order valence-corrected chi connectivity index (χ0v) is 17.5. The third kappa shape index (κ3) is 5.73. The molecule has 2 heteroatoms. The first-order chi connectivity index (χ1) is 11.4. The summed E-state index contributed by atoms with van der Waals surface area (Å²) in [5.74, 6) is 0.811. The van der Waals surface area contributed by atoms with Crippen LogP contribution < -0.4 is 0 Å². The summed E-state index contributed by atoms with van der Waals surface area (Å²) < 4.78 is 12.3. The Bertz CT molecular complexity index is 308. The summed E-state index contributed by atoms with van der Waals surface area (Å²) in [6.07, 6.45) is 16.3. The molecule has 0 N–H and O–H groups in total. The summed E-state index contributed by atoms with van der Waals surface area (Å²) in [6, 6.07) is 0. The molecule has 1 unspecified atom stereocenters. The predicted molar refractivity (Wildman–Crippen MR) is 104 cm³/mol. The lowest BCUT2D eigenvalue weighted by atomic mass is 9.66. The Labute approximate surface area is 152 Å². The maximum absolute atomic E-state index is 6.14. The fourth-order valence-electron chi connectivity index (χ4n) is 4.97. The zero-order chi connectivity index (χ0) is 18.1. The van der Waals surface area contributed by atoms with Crippen LogP contribution in [0.1, 0.15) is 105 Å². The van der Waals surface area contributed by atoms with Gasteiger partial charge in [0.05, 0.1) is 0 Å². The smallest absolute Gasteiger partial charge is 0.175 e. The molecule has 0 spiro atoms. The van der Waals surface area contributed by atoms with Crippen LogP contribution in [0.2, 0.25) is 0 Å². The van der Waals surface area contributed by atoms with Crippen molar-refractivity contribution >= 4 is 0 Å². The number of hydrogen-bond acceptors (Lipinski definition) is 2. The minimum atomic E-state index is -0.460. The second-order valence-corrected chi connectivity index (χ2v) is 8.89. The van der Waals surface area contributed by atoms with Crippen LogP contribution in [0.15, 0.2) is 0 Å². The lowest BCUT2D eigenvalue weighted by Crippen LogP contribution is -2.55. The molecule has 0 heterocycles. The van der Waals surface area contributed by atoms with Gasteiger partial charge in [-0.3, -0.25) is 0 Å². The summed E-state index contributed by atoms with van der Waals surface area (Å²) in [4.78, 5) is 0. The Hall–Kier alpha value is -0.0800. The van der Waals surface area contributed by atoms with Gasteiger partial charge in [0.25, 0.3) is 0 Å². The van der Waals surface area contributed by atoms with E-state index >= 15 is 0 Å². The molecule has 0 amide bonds. The van der Waals surface area contributed by atoms with Crippen molar-refractivity contribution in [3.8, 4) is 0 Å². The van der Waals surface area contributed by atoms with E-state index in [1.165, 1.54) is 77.0 Å². The lowest BCUT2D eigenvalue weighted by Gasteiger charge is -2.50. The standard InChI is InChI=1S/C22H44O2/c1-7-8-9-10-11-15-18-20(19-16-13-12-14-17-19)22(23-5,24-6)21(2,3)4/h19-20H,7-18H2,1-6H3. The molecule has 24 heavy (non-hydrogen) atoms. The molecule has 1 saturated carbocycles. The van der Waals surface area contributed by atoms with Gasteiger partial charge in [0, 0.05) is 25.6 Å². The Balaban J connectivity index is 2.79. The first-order valence-corrected chi connectivity index (χ1v) is 10.5. The minimum Gasteiger partial charge on any atom is -0.352 e. The molecule has 1 aliphatic rings. The van der Waals surface area contributed by atoms with E-state index in [0.717, 1.165) is 5.92 Å². The molecule has 0 aliphatic heterocycles. The van der Waals surface area contributed by atoms with E-state index in [1.54, 1.807) is 0 Å². The molecule has 0 aromatic heterocycles. The first-order valence-electron chi connectivity index (χ1n) is 10.5. The number of unbranched alkanes of at least 4 members (excludes halogenated alkanes) is 5. The van der Waals surface area contributed by atoms with Crippen molar-refractivity contribution in [3.63, 3.8) is 0 Å². The zero-order valence-electron chi connectivity index (χ0n) is 17.5. The van der Waals surface area contributed by atoms with Gasteiger partial charge in [-0.2, -0.15) is 0 Å². The van der Waals surface area contributed by atoms with E-state index < -0.39 is 5.79 Å². The molecule has 0 aromatic carbocycles. The fraction of sp³-hybridized carbons (Fsp3) is 1.00. The SMILES string of the molecule is CCCCCCCCC(C1CCCCC1)C(OC)(OC)C(C)(C)C. The van der Waals surface area contributed by atoms with E-state index in [-0.39, 0.29) is 5.41 Å². The molecule has 0 bridgehead atoms. The summed E-state index contributed by atoms with van der Waals surface area (Å²) in [5, 5.41) is 0. The van der Waals surface area contributed by atoms with Crippen LogP contribution in [0.4, 0.5) is 0 Å². The summed E-state index contributed by atoms with van der Waals surface area (Å²) >= 11 is 0. The molecule has 2 nitrogen and oxygen atoms in total. The molecule has 0 radical (unpaired) electrons. The van der Waals surface area contributed by atoms with Crippen LogP contribution >= 0.6 is 0 Å². The Morgan fingerprint density at radius 3 is 1.88 bits per heavy atom. The molecule has 144 valence electrons. The van der Waals surface area contributed by atoms with Crippen LogP contribution in [0, 0.1) is 17.3 Å². The van der Waals surface area contributed by atoms with Gasteiger partial charge in [-0.25, -0.2) is 0 Å². The van der Waals surface area contributed by atoms with Gasteiger partial charge in [0.15, 0.2) is 5.79 Å². The van der Waals surface area contributed by atoms with Crippen molar-refractivity contribution < 1.29 is 9.47 Å². The average Bonchev–Trinajstić information content (AvgIpc) is 2.57. The van der Waals surface area contributed by atoms with Crippen LogP contribution in [0.25, 0.3) is 0 Å². The van der Waals surface area contributed by atoms with E-state index in [9.17, 15) is 0 Å². The molecule has 0 aromatic rings. The maximum Gasteiger partial charge on any atom is 0.175 e. The lowest BCUT2D eigenvalue weighted by molar-refractivity contribution is -0.305. The van der Waals surface area contributed by atoms with Gasteiger partial charge in [-0.15, -0.1) is 0 Å². The summed E-state index contributed by atoms with van der Waals surface area (Å²) in [7, 11) is 3.71. The monoisotopic (exact) mass is 340 g/mol. The maximum atomic E-state index is 6.14. The highest BCUT2D eigenvalue weighted by Gasteiger charge is 2.51. The molecule has 0 saturated heterocycles. The van der Waals surface area contributed by atoms with Gasteiger partial charge in [-0.1, -0.05) is 85.5 Å². The van der Waals surface area contributed by atoms with Crippen LogP contribution in [0.3, 0.4) is 0 Å². The largest absolute Gasteiger partial charge is 0.352 e. The second kappa shape index (κ2) is 10.8. The minimum absolute atomic E-state index is 0.0131. The quantitative estimate of drug-likeness (QED) is 0.299. The third-order valence-electron chi connectivity index (χ3n) is 6.23. The number of methoxy groups -OCH3 is 2. The topological polar surface area (TPSA) is 18.5 Å². The highest BCUT2D eigenvalue weighted by Crippen LogP contribution is 2.48. The molecule has 1 rings (SSSR count). The Kier molecular flexibility index (Phi) is 9.89. The van der Waals surface area contributed by atoms with E-state index in [1.807, 2.05) is 14.2 Å². The van der Waals surface area contributed by atoms with Crippen LogP contribution in [-0.2, 0) is 9.47 Å². The summed E-state index contributed by atoms with van der Waals surface area (Å²) in [5.41, 5.74) is -0.0131. The van der Waals surface area contributed by atoms with E-state index in [2.05, 4.69) is 27.7 Å². The van der Waals surface area contributed by atoms with Crippen LogP contribution in [-0.4, -0.2) is 20.0 Å². The molecular weight excluding hydrogens is 296 g/mol. The van der Waals surface area contributed by atoms with Crippen molar-refractivity contribution in [2.24, 2.45) is 17.3 Å². The fourth-order valence-corrected chi connectivity index (χ4v) is 4.97. The normalized spacial score (nSPS) is 18.8. The van der Waals surface area contributed by atoms with Crippen molar-refractivity contribution in [2.75, 3.05) is 14.2 Å². The average molecular weight is 341 g/mol. The van der Waals surface area contributed by atoms with Crippen LogP contribution in [0.5, 0.6) is 0 Å². The second-order valence-electron chi connectivity index (χ2n) is 8.89.